The molecule has 0 bridgehead atoms. The Morgan fingerprint density at radius 3 is 2.53 bits per heavy atom. The van der Waals surface area contributed by atoms with Crippen molar-refractivity contribution in [1.82, 2.24) is 9.78 Å². The minimum atomic E-state index is -4.34. The van der Waals surface area contributed by atoms with E-state index in [1.807, 2.05) is 12.1 Å². The summed E-state index contributed by atoms with van der Waals surface area (Å²) in [6.07, 6.45) is -2.50. The fraction of sp³-hybridized carbons (Fsp3) is 0.300. The lowest BCUT2D eigenvalue weighted by molar-refractivity contribution is -0.137. The van der Waals surface area contributed by atoms with E-state index in [0.717, 1.165) is 22.1 Å². The minimum Gasteiger partial charge on any atom is -0.326 e. The van der Waals surface area contributed by atoms with Crippen molar-refractivity contribution in [3.63, 3.8) is 0 Å². The first kappa shape index (κ1) is 12.1. The standard InChI is InChI=1S/C10H10F3N3S/c11-10(12,13)7-4-15-16(5-7)6-9-2-1-8(3-14)17-9/h1-2,4-5H,3,6,14H2. The Morgan fingerprint density at radius 2 is 2.00 bits per heavy atom. The smallest absolute Gasteiger partial charge is 0.326 e. The zero-order chi connectivity index (χ0) is 12.5. The van der Waals surface area contributed by atoms with Gasteiger partial charge in [-0.3, -0.25) is 4.68 Å². The maximum atomic E-state index is 12.3. The van der Waals surface area contributed by atoms with Crippen LogP contribution in [0.1, 0.15) is 15.3 Å². The van der Waals surface area contributed by atoms with Crippen molar-refractivity contribution in [2.24, 2.45) is 5.73 Å². The molecule has 0 atom stereocenters. The fourth-order valence-electron chi connectivity index (χ4n) is 1.37. The lowest BCUT2D eigenvalue weighted by Crippen LogP contribution is -2.03. The van der Waals surface area contributed by atoms with Gasteiger partial charge < -0.3 is 5.73 Å². The van der Waals surface area contributed by atoms with Gasteiger partial charge in [0.15, 0.2) is 0 Å². The minimum absolute atomic E-state index is 0.334. The van der Waals surface area contributed by atoms with Gasteiger partial charge in [-0.25, -0.2) is 0 Å². The summed E-state index contributed by atoms with van der Waals surface area (Å²) in [5.74, 6) is 0. The van der Waals surface area contributed by atoms with Crippen LogP contribution in [-0.4, -0.2) is 9.78 Å². The summed E-state index contributed by atoms with van der Waals surface area (Å²) < 4.78 is 38.3. The molecule has 0 saturated carbocycles. The molecule has 0 spiro atoms. The number of halogens is 3. The average molecular weight is 261 g/mol. The third-order valence-corrected chi connectivity index (χ3v) is 3.29. The van der Waals surface area contributed by atoms with Crippen LogP contribution in [0.25, 0.3) is 0 Å². The molecule has 0 unspecified atom stereocenters. The van der Waals surface area contributed by atoms with Gasteiger partial charge in [0.1, 0.15) is 0 Å². The van der Waals surface area contributed by atoms with Crippen molar-refractivity contribution < 1.29 is 13.2 Å². The lowest BCUT2D eigenvalue weighted by atomic mass is 10.3. The number of hydrogen-bond donors (Lipinski definition) is 1. The normalized spacial score (nSPS) is 12.0. The average Bonchev–Trinajstić information content (AvgIpc) is 2.86. The van der Waals surface area contributed by atoms with Crippen LogP contribution >= 0.6 is 11.3 Å². The third kappa shape index (κ3) is 2.86. The summed E-state index contributed by atoms with van der Waals surface area (Å²) >= 11 is 1.48. The topological polar surface area (TPSA) is 43.8 Å². The molecule has 2 heterocycles. The largest absolute Gasteiger partial charge is 0.419 e. The van der Waals surface area contributed by atoms with Crippen molar-refractivity contribution in [2.75, 3.05) is 0 Å². The Hall–Kier alpha value is -1.34. The van der Waals surface area contributed by atoms with Crippen LogP contribution < -0.4 is 5.73 Å². The number of nitrogens with zero attached hydrogens (tertiary/aromatic N) is 2. The summed E-state index contributed by atoms with van der Waals surface area (Å²) in [6.45, 7) is 0.776. The van der Waals surface area contributed by atoms with E-state index in [-0.39, 0.29) is 0 Å². The molecule has 0 fully saturated rings. The van der Waals surface area contributed by atoms with Gasteiger partial charge in [-0.2, -0.15) is 18.3 Å². The molecule has 0 aromatic carbocycles. The highest BCUT2D eigenvalue weighted by Crippen LogP contribution is 2.28. The molecule has 0 amide bonds. The molecular weight excluding hydrogens is 251 g/mol. The molecule has 0 aliphatic rings. The van der Waals surface area contributed by atoms with Gasteiger partial charge in [-0.15, -0.1) is 11.3 Å². The number of rotatable bonds is 3. The maximum absolute atomic E-state index is 12.3. The van der Waals surface area contributed by atoms with E-state index in [0.29, 0.717) is 13.1 Å². The summed E-state index contributed by atoms with van der Waals surface area (Å²) in [7, 11) is 0. The van der Waals surface area contributed by atoms with Crippen LogP contribution in [-0.2, 0) is 19.3 Å². The summed E-state index contributed by atoms with van der Waals surface area (Å²) in [4.78, 5) is 1.94. The number of aromatic nitrogens is 2. The van der Waals surface area contributed by atoms with E-state index in [2.05, 4.69) is 5.10 Å². The van der Waals surface area contributed by atoms with Crippen LogP contribution in [0.4, 0.5) is 13.2 Å². The van der Waals surface area contributed by atoms with Crippen molar-refractivity contribution in [2.45, 2.75) is 19.3 Å². The molecule has 92 valence electrons. The van der Waals surface area contributed by atoms with E-state index in [1.165, 1.54) is 16.0 Å². The number of hydrogen-bond acceptors (Lipinski definition) is 3. The van der Waals surface area contributed by atoms with E-state index in [4.69, 9.17) is 5.73 Å². The molecule has 2 N–H and O–H groups in total. The van der Waals surface area contributed by atoms with Gasteiger partial charge >= 0.3 is 6.18 Å². The number of nitrogens with two attached hydrogens (primary N) is 1. The second-order valence-corrected chi connectivity index (χ2v) is 4.75. The monoisotopic (exact) mass is 261 g/mol. The van der Waals surface area contributed by atoms with E-state index < -0.39 is 11.7 Å². The maximum Gasteiger partial charge on any atom is 0.419 e. The Labute approximate surface area is 99.7 Å². The van der Waals surface area contributed by atoms with E-state index in [9.17, 15) is 13.2 Å². The van der Waals surface area contributed by atoms with Gasteiger partial charge in [0.25, 0.3) is 0 Å². The summed E-state index contributed by atoms with van der Waals surface area (Å²) in [5, 5.41) is 3.69. The van der Waals surface area contributed by atoms with Crippen molar-refractivity contribution >= 4 is 11.3 Å². The molecule has 0 saturated heterocycles. The predicted molar refractivity (Wildman–Crippen MR) is 58.5 cm³/mol. The first-order valence-electron chi connectivity index (χ1n) is 4.86. The Bertz CT molecular complexity index is 501. The van der Waals surface area contributed by atoms with Crippen LogP contribution in [0.2, 0.25) is 0 Å². The summed E-state index contributed by atoms with van der Waals surface area (Å²) in [5.41, 5.74) is 4.73. The first-order valence-corrected chi connectivity index (χ1v) is 5.68. The Kier molecular flexibility index (Phi) is 3.21. The third-order valence-electron chi connectivity index (χ3n) is 2.20. The molecule has 0 aliphatic heterocycles. The van der Waals surface area contributed by atoms with E-state index >= 15 is 0 Å². The zero-order valence-electron chi connectivity index (χ0n) is 8.74. The number of thiophene rings is 1. The van der Waals surface area contributed by atoms with Crippen LogP contribution in [0.3, 0.4) is 0 Å². The first-order chi connectivity index (χ1) is 7.99. The zero-order valence-corrected chi connectivity index (χ0v) is 9.55. The van der Waals surface area contributed by atoms with Gasteiger partial charge in [-0.05, 0) is 12.1 Å². The molecule has 3 nitrogen and oxygen atoms in total. The molecular formula is C10H10F3N3S. The van der Waals surface area contributed by atoms with Gasteiger partial charge in [0.2, 0.25) is 0 Å². The highest BCUT2D eigenvalue weighted by atomic mass is 32.1. The molecule has 2 aromatic heterocycles. The summed E-state index contributed by atoms with van der Waals surface area (Å²) in [6, 6.07) is 3.72. The Morgan fingerprint density at radius 1 is 1.29 bits per heavy atom. The molecule has 2 rings (SSSR count). The highest BCUT2D eigenvalue weighted by Gasteiger charge is 2.32. The van der Waals surface area contributed by atoms with Crippen molar-refractivity contribution in [3.8, 4) is 0 Å². The van der Waals surface area contributed by atoms with Crippen molar-refractivity contribution in [3.05, 3.63) is 39.8 Å². The van der Waals surface area contributed by atoms with E-state index in [1.54, 1.807) is 0 Å². The molecule has 7 heteroatoms. The highest BCUT2D eigenvalue weighted by molar-refractivity contribution is 7.11. The number of alkyl halides is 3. The van der Waals surface area contributed by atoms with Crippen LogP contribution in [0, 0.1) is 0 Å². The SMILES string of the molecule is NCc1ccc(Cn2cc(C(F)(F)F)cn2)s1. The van der Waals surface area contributed by atoms with Gasteiger partial charge in [0.05, 0.1) is 18.3 Å². The molecule has 2 aromatic rings. The van der Waals surface area contributed by atoms with Crippen molar-refractivity contribution in [1.29, 1.82) is 0 Å². The van der Waals surface area contributed by atoms with Gasteiger partial charge in [0, 0.05) is 22.5 Å². The second kappa shape index (κ2) is 4.50. The fourth-order valence-corrected chi connectivity index (χ4v) is 2.26. The quantitative estimate of drug-likeness (QED) is 0.922. The second-order valence-electron chi connectivity index (χ2n) is 3.50. The lowest BCUT2D eigenvalue weighted by Gasteiger charge is -2.01. The molecule has 0 aliphatic carbocycles. The Balaban J connectivity index is 2.11. The molecule has 17 heavy (non-hydrogen) atoms. The van der Waals surface area contributed by atoms with Crippen LogP contribution in [0.15, 0.2) is 24.5 Å². The van der Waals surface area contributed by atoms with Crippen LogP contribution in [0.5, 0.6) is 0 Å². The van der Waals surface area contributed by atoms with Gasteiger partial charge in [-0.1, -0.05) is 0 Å². The molecule has 0 radical (unpaired) electrons. The predicted octanol–water partition coefficient (Wildman–Crippen LogP) is 2.47.